The molecular formula is C33H30Cl4N6. The second-order valence-corrected chi connectivity index (χ2v) is 10.5. The van der Waals surface area contributed by atoms with Crippen LogP contribution < -0.4 is 11.1 Å². The van der Waals surface area contributed by atoms with Gasteiger partial charge in [0, 0.05) is 46.2 Å². The fraction of sp³-hybridized carbons (Fsp3) is 0.121. The Kier molecular flexibility index (Phi) is 9.40. The summed E-state index contributed by atoms with van der Waals surface area (Å²) in [6.07, 6.45) is 8.81. The number of anilines is 2. The molecule has 220 valence electrons. The van der Waals surface area contributed by atoms with Crippen molar-refractivity contribution in [3.8, 4) is 39.6 Å². The Hall–Kier alpha value is -3.65. The summed E-state index contributed by atoms with van der Waals surface area (Å²) >= 11 is 0. The van der Waals surface area contributed by atoms with Gasteiger partial charge >= 0.3 is 0 Å². The average Bonchev–Trinajstić information content (AvgIpc) is 3.30. The van der Waals surface area contributed by atoms with E-state index in [0.29, 0.717) is 0 Å². The van der Waals surface area contributed by atoms with Gasteiger partial charge in [0.15, 0.2) is 5.82 Å². The van der Waals surface area contributed by atoms with Crippen molar-refractivity contribution in [1.82, 2.24) is 19.5 Å². The maximum atomic E-state index is 6.67. The van der Waals surface area contributed by atoms with Gasteiger partial charge < -0.3 is 11.1 Å². The van der Waals surface area contributed by atoms with Crippen molar-refractivity contribution in [3.63, 3.8) is 0 Å². The number of hydrogen-bond donors (Lipinski definition) is 2. The van der Waals surface area contributed by atoms with E-state index in [0.717, 1.165) is 74.7 Å². The Balaban J connectivity index is 0.00000106. The molecule has 0 saturated heterocycles. The van der Waals surface area contributed by atoms with Crippen molar-refractivity contribution in [3.05, 3.63) is 109 Å². The minimum Gasteiger partial charge on any atom is -0.338 e. The number of hydrogen-bond acceptors (Lipinski definition) is 5. The maximum absolute atomic E-state index is 6.67. The lowest BCUT2D eigenvalue weighted by Crippen LogP contribution is -2.43. The molecule has 6 nitrogen and oxygen atoms in total. The number of imidazole rings is 1. The number of nitrogens with one attached hydrogen (secondary N) is 1. The largest absolute Gasteiger partial charge is 0.338 e. The van der Waals surface area contributed by atoms with E-state index in [1.165, 1.54) is 12.0 Å². The zero-order chi connectivity index (χ0) is 26.0. The first-order valence-corrected chi connectivity index (χ1v) is 13.4. The third kappa shape index (κ3) is 5.24. The fourth-order valence-electron chi connectivity index (χ4n) is 5.93. The molecule has 3 aromatic carbocycles. The van der Waals surface area contributed by atoms with Crippen LogP contribution in [0.15, 0.2) is 104 Å². The lowest BCUT2D eigenvalue weighted by atomic mass is 9.72. The van der Waals surface area contributed by atoms with Gasteiger partial charge in [0.2, 0.25) is 0 Å². The Morgan fingerprint density at radius 2 is 1.53 bits per heavy atom. The molecule has 10 heteroatoms. The molecule has 0 spiro atoms. The van der Waals surface area contributed by atoms with Crippen molar-refractivity contribution < 1.29 is 0 Å². The summed E-state index contributed by atoms with van der Waals surface area (Å²) in [5.41, 5.74) is 14.7. The molecule has 0 unspecified atom stereocenters. The summed E-state index contributed by atoms with van der Waals surface area (Å²) in [5.74, 6) is 1.67. The zero-order valence-electron chi connectivity index (χ0n) is 22.9. The second kappa shape index (κ2) is 12.5. The number of rotatable bonds is 3. The second-order valence-electron chi connectivity index (χ2n) is 10.5. The molecule has 8 rings (SSSR count). The predicted molar refractivity (Wildman–Crippen MR) is 185 cm³/mol. The molecule has 1 aliphatic carbocycles. The van der Waals surface area contributed by atoms with Gasteiger partial charge in [-0.3, -0.25) is 9.55 Å². The normalized spacial score (nSPS) is 13.5. The van der Waals surface area contributed by atoms with Crippen LogP contribution in [0, 0.1) is 0 Å². The molecule has 2 aliphatic rings. The monoisotopic (exact) mass is 650 g/mol. The van der Waals surface area contributed by atoms with Gasteiger partial charge in [-0.1, -0.05) is 48.5 Å². The number of nitrogens with two attached hydrogens (primary N) is 1. The van der Waals surface area contributed by atoms with Crippen LogP contribution >= 0.6 is 49.6 Å². The highest BCUT2D eigenvalue weighted by Crippen LogP contribution is 2.45. The third-order valence-corrected chi connectivity index (χ3v) is 8.22. The number of halogens is 4. The Bertz CT molecular complexity index is 1900. The molecule has 0 radical (unpaired) electrons. The summed E-state index contributed by atoms with van der Waals surface area (Å²) in [7, 11) is 0. The number of nitrogens with zero attached hydrogens (tertiary/aromatic N) is 4. The smallest absolute Gasteiger partial charge is 0.154 e. The topological polar surface area (TPSA) is 81.7 Å². The number of aromatic nitrogens is 4. The van der Waals surface area contributed by atoms with Crippen LogP contribution in [0.3, 0.4) is 0 Å². The number of para-hydroxylation sites is 1. The lowest BCUT2D eigenvalue weighted by Gasteiger charge is -2.38. The summed E-state index contributed by atoms with van der Waals surface area (Å²) in [5, 5.41) is 5.78. The van der Waals surface area contributed by atoms with Crippen LogP contribution in [-0.4, -0.2) is 19.5 Å². The molecule has 0 bridgehead atoms. The lowest BCUT2D eigenvalue weighted by molar-refractivity contribution is 0.253. The van der Waals surface area contributed by atoms with Gasteiger partial charge in [0.1, 0.15) is 5.82 Å². The molecule has 0 atom stereocenters. The minimum absolute atomic E-state index is 0. The first kappa shape index (κ1) is 32.3. The van der Waals surface area contributed by atoms with Crippen molar-refractivity contribution >= 4 is 71.9 Å². The third-order valence-electron chi connectivity index (χ3n) is 8.22. The summed E-state index contributed by atoms with van der Waals surface area (Å²) < 4.78 is 2.25. The number of pyridine rings is 2. The Morgan fingerprint density at radius 1 is 0.767 bits per heavy atom. The Morgan fingerprint density at radius 3 is 2.30 bits per heavy atom. The van der Waals surface area contributed by atoms with Gasteiger partial charge in [-0.2, -0.15) is 0 Å². The van der Waals surface area contributed by atoms with E-state index in [4.69, 9.17) is 15.7 Å². The molecule has 1 aliphatic heterocycles. The predicted octanol–water partition coefficient (Wildman–Crippen LogP) is 8.90. The first-order valence-electron chi connectivity index (χ1n) is 13.4. The van der Waals surface area contributed by atoms with Crippen molar-refractivity contribution in [2.45, 2.75) is 24.8 Å². The van der Waals surface area contributed by atoms with Gasteiger partial charge in [-0.05, 0) is 66.6 Å². The molecule has 43 heavy (non-hydrogen) atoms. The quantitative estimate of drug-likeness (QED) is 0.199. The number of benzene rings is 3. The summed E-state index contributed by atoms with van der Waals surface area (Å²) in [6.45, 7) is 0. The standard InChI is InChI=1S/C33H26N6.4ClH/c34-33(15-4-16-33)25-12-10-22(11-13-25)30-29(23-9-8-21-14-18-35-20-24(21)19-23)38-32-26-5-1-2-6-27(26)37-31-28(39(30)32)7-3-17-36-31;;;;/h1-3,5-14,17-20H,4,15-16,34H2,(H,36,37);4*1H. The molecular weight excluding hydrogens is 622 g/mol. The van der Waals surface area contributed by atoms with Crippen LogP contribution in [0.1, 0.15) is 24.8 Å². The molecule has 0 amide bonds. The van der Waals surface area contributed by atoms with Crippen LogP contribution in [0.25, 0.3) is 50.4 Å². The number of fused-ring (bicyclic) bond motifs is 6. The molecule has 3 aromatic heterocycles. The SMILES string of the molecule is Cl.Cl.Cl.Cl.NC1(c2ccc(-c3c(-c4ccc5ccncc5c4)nc4n3-c3cccnc3Nc3ccccc3-4)cc2)CCC1. The van der Waals surface area contributed by atoms with Gasteiger partial charge in [0.05, 0.1) is 22.8 Å². The van der Waals surface area contributed by atoms with E-state index in [1.54, 1.807) is 0 Å². The minimum atomic E-state index is -0.208. The highest BCUT2D eigenvalue weighted by atomic mass is 35.5. The average molecular weight is 652 g/mol. The van der Waals surface area contributed by atoms with Crippen LogP contribution in [0.4, 0.5) is 11.5 Å². The van der Waals surface area contributed by atoms with E-state index < -0.39 is 0 Å². The van der Waals surface area contributed by atoms with E-state index in [1.807, 2.05) is 36.8 Å². The van der Waals surface area contributed by atoms with Crippen molar-refractivity contribution in [2.75, 3.05) is 5.32 Å². The molecule has 3 N–H and O–H groups in total. The van der Waals surface area contributed by atoms with Gasteiger partial charge in [-0.25, -0.2) is 9.97 Å². The van der Waals surface area contributed by atoms with Crippen molar-refractivity contribution in [1.29, 1.82) is 0 Å². The van der Waals surface area contributed by atoms with E-state index in [9.17, 15) is 0 Å². The Labute approximate surface area is 274 Å². The maximum Gasteiger partial charge on any atom is 0.154 e. The van der Waals surface area contributed by atoms with Crippen LogP contribution in [-0.2, 0) is 5.54 Å². The van der Waals surface area contributed by atoms with E-state index in [-0.39, 0.29) is 55.2 Å². The van der Waals surface area contributed by atoms with Gasteiger partial charge in [-0.15, -0.1) is 49.6 Å². The summed E-state index contributed by atoms with van der Waals surface area (Å²) in [6, 6.07) is 29.6. The highest BCUT2D eigenvalue weighted by molar-refractivity contribution is 5.93. The van der Waals surface area contributed by atoms with E-state index in [2.05, 4.69) is 81.6 Å². The molecule has 4 heterocycles. The van der Waals surface area contributed by atoms with Crippen molar-refractivity contribution in [2.24, 2.45) is 5.73 Å². The zero-order valence-corrected chi connectivity index (χ0v) is 26.2. The van der Waals surface area contributed by atoms with E-state index >= 15 is 0 Å². The highest BCUT2D eigenvalue weighted by Gasteiger charge is 2.34. The molecule has 1 fully saturated rings. The first-order chi connectivity index (χ1) is 19.2. The van der Waals surface area contributed by atoms with Gasteiger partial charge in [0.25, 0.3) is 0 Å². The molecule has 6 aromatic rings. The summed E-state index contributed by atoms with van der Waals surface area (Å²) in [4.78, 5) is 14.4. The van der Waals surface area contributed by atoms with Crippen LogP contribution in [0.5, 0.6) is 0 Å². The fourth-order valence-corrected chi connectivity index (χ4v) is 5.93. The van der Waals surface area contributed by atoms with Crippen LogP contribution in [0.2, 0.25) is 0 Å². The molecule has 1 saturated carbocycles.